The van der Waals surface area contributed by atoms with E-state index in [1.54, 1.807) is 19.1 Å². The maximum Gasteiger partial charge on any atom is 0.307 e. The number of nitrogens with two attached hydrogens (primary N) is 1. The number of rotatable bonds is 4. The van der Waals surface area contributed by atoms with Gasteiger partial charge in [0, 0.05) is 10.5 Å². The van der Waals surface area contributed by atoms with Crippen LogP contribution < -0.4 is 5.73 Å². The number of esters is 1. The molecule has 0 saturated heterocycles. The van der Waals surface area contributed by atoms with Gasteiger partial charge < -0.3 is 10.5 Å². The molecular weight excluding hydrogens is 329 g/mol. The van der Waals surface area contributed by atoms with Gasteiger partial charge in [0.15, 0.2) is 0 Å². The summed E-state index contributed by atoms with van der Waals surface area (Å²) in [6.07, 6.45) is 0.169. The molecule has 6 heteroatoms. The SMILES string of the molecule is CCOC(=O)C[C@H](N)c1ccc(Cl)c(Br)c1.Cl. The molecule has 0 aliphatic rings. The number of halogens is 3. The Balaban J connectivity index is 0.00000256. The topological polar surface area (TPSA) is 52.3 Å². The monoisotopic (exact) mass is 341 g/mol. The molecule has 0 aliphatic carbocycles. The molecule has 1 atom stereocenters. The molecule has 0 fully saturated rings. The lowest BCUT2D eigenvalue weighted by Crippen LogP contribution is -2.17. The van der Waals surface area contributed by atoms with Gasteiger partial charge >= 0.3 is 5.97 Å². The number of ether oxygens (including phenoxy) is 1. The first kappa shape index (κ1) is 16.7. The maximum absolute atomic E-state index is 11.2. The van der Waals surface area contributed by atoms with Gasteiger partial charge in [0.05, 0.1) is 18.1 Å². The van der Waals surface area contributed by atoms with Crippen molar-refractivity contribution in [3.63, 3.8) is 0 Å². The molecule has 0 amide bonds. The molecule has 1 rings (SSSR count). The molecule has 2 N–H and O–H groups in total. The number of benzene rings is 1. The molecule has 0 radical (unpaired) electrons. The standard InChI is InChI=1S/C11H13BrClNO2.ClH/c1-2-16-11(15)6-10(14)7-3-4-9(13)8(12)5-7;/h3-5,10H,2,6,14H2,1H3;1H/t10-;/m0./s1. The lowest BCUT2D eigenvalue weighted by molar-refractivity contribution is -0.143. The van der Waals surface area contributed by atoms with E-state index in [0.717, 1.165) is 10.0 Å². The lowest BCUT2D eigenvalue weighted by Gasteiger charge is -2.11. The second kappa shape index (κ2) is 7.93. The predicted molar refractivity (Wildman–Crippen MR) is 74.6 cm³/mol. The van der Waals surface area contributed by atoms with Crippen LogP contribution in [0.25, 0.3) is 0 Å². The molecule has 0 heterocycles. The molecule has 0 aromatic heterocycles. The van der Waals surface area contributed by atoms with Crippen molar-refractivity contribution in [2.75, 3.05) is 6.61 Å². The summed E-state index contributed by atoms with van der Waals surface area (Å²) < 4.78 is 5.60. The van der Waals surface area contributed by atoms with E-state index in [9.17, 15) is 4.79 Å². The summed E-state index contributed by atoms with van der Waals surface area (Å²) in [6.45, 7) is 2.14. The van der Waals surface area contributed by atoms with Gasteiger partial charge in [0.1, 0.15) is 0 Å². The summed E-state index contributed by atoms with van der Waals surface area (Å²) in [6, 6.07) is 4.99. The zero-order valence-corrected chi connectivity index (χ0v) is 12.4. The van der Waals surface area contributed by atoms with Gasteiger partial charge in [0.2, 0.25) is 0 Å². The first-order chi connectivity index (χ1) is 7.54. The Morgan fingerprint density at radius 3 is 2.76 bits per heavy atom. The summed E-state index contributed by atoms with van der Waals surface area (Å²) in [5, 5.41) is 0.618. The summed E-state index contributed by atoms with van der Waals surface area (Å²) in [7, 11) is 0. The molecule has 0 saturated carbocycles. The highest BCUT2D eigenvalue weighted by molar-refractivity contribution is 9.10. The summed E-state index contributed by atoms with van der Waals surface area (Å²) in [4.78, 5) is 11.2. The maximum atomic E-state index is 11.2. The molecule has 1 aromatic rings. The third-order valence-electron chi connectivity index (χ3n) is 2.06. The summed E-state index contributed by atoms with van der Waals surface area (Å²) in [5.74, 6) is -0.291. The third-order valence-corrected chi connectivity index (χ3v) is 3.28. The quantitative estimate of drug-likeness (QED) is 0.852. The van der Waals surface area contributed by atoms with Gasteiger partial charge in [0.25, 0.3) is 0 Å². The summed E-state index contributed by atoms with van der Waals surface area (Å²) in [5.41, 5.74) is 6.73. The first-order valence-corrected chi connectivity index (χ1v) is 6.07. The molecule has 17 heavy (non-hydrogen) atoms. The minimum Gasteiger partial charge on any atom is -0.466 e. The second-order valence-electron chi connectivity index (χ2n) is 3.29. The van der Waals surface area contributed by atoms with Crippen molar-refractivity contribution >= 4 is 45.9 Å². The van der Waals surface area contributed by atoms with Crippen molar-refractivity contribution in [2.24, 2.45) is 5.73 Å². The summed E-state index contributed by atoms with van der Waals surface area (Å²) >= 11 is 9.17. The minimum atomic E-state index is -0.368. The highest BCUT2D eigenvalue weighted by Gasteiger charge is 2.13. The van der Waals surface area contributed by atoms with Crippen LogP contribution in [-0.2, 0) is 9.53 Å². The Morgan fingerprint density at radius 2 is 2.24 bits per heavy atom. The first-order valence-electron chi connectivity index (χ1n) is 4.90. The molecule has 0 bridgehead atoms. The highest BCUT2D eigenvalue weighted by atomic mass is 79.9. The van der Waals surface area contributed by atoms with Crippen molar-refractivity contribution in [2.45, 2.75) is 19.4 Å². The molecule has 96 valence electrons. The van der Waals surface area contributed by atoms with E-state index in [4.69, 9.17) is 22.1 Å². The Morgan fingerprint density at radius 1 is 1.59 bits per heavy atom. The lowest BCUT2D eigenvalue weighted by atomic mass is 10.1. The fourth-order valence-corrected chi connectivity index (χ4v) is 1.77. The third kappa shape index (κ3) is 5.25. The van der Waals surface area contributed by atoms with Crippen molar-refractivity contribution in [3.8, 4) is 0 Å². The number of carbonyl (C=O) groups excluding carboxylic acids is 1. The minimum absolute atomic E-state index is 0. The van der Waals surface area contributed by atoms with Crippen LogP contribution in [0.3, 0.4) is 0 Å². The van der Waals surface area contributed by atoms with E-state index < -0.39 is 0 Å². The number of carbonyl (C=O) groups is 1. The highest BCUT2D eigenvalue weighted by Crippen LogP contribution is 2.26. The normalized spacial score (nSPS) is 11.5. The van der Waals surface area contributed by atoms with E-state index in [0.29, 0.717) is 11.6 Å². The average molecular weight is 343 g/mol. The molecule has 0 spiro atoms. The van der Waals surface area contributed by atoms with Crippen LogP contribution in [-0.4, -0.2) is 12.6 Å². The smallest absolute Gasteiger partial charge is 0.307 e. The molecular formula is C11H14BrCl2NO2. The zero-order valence-electron chi connectivity index (χ0n) is 9.28. The van der Waals surface area contributed by atoms with Gasteiger partial charge in [-0.3, -0.25) is 4.79 Å². The van der Waals surface area contributed by atoms with Crippen LogP contribution in [0.2, 0.25) is 5.02 Å². The van der Waals surface area contributed by atoms with Crippen LogP contribution in [0, 0.1) is 0 Å². The van der Waals surface area contributed by atoms with E-state index in [-0.39, 0.29) is 30.8 Å². The molecule has 1 aromatic carbocycles. The Kier molecular flexibility index (Phi) is 7.79. The van der Waals surface area contributed by atoms with Crippen LogP contribution in [0.1, 0.15) is 24.9 Å². The largest absolute Gasteiger partial charge is 0.466 e. The van der Waals surface area contributed by atoms with Crippen molar-refractivity contribution in [1.82, 2.24) is 0 Å². The fourth-order valence-electron chi connectivity index (χ4n) is 1.26. The fraction of sp³-hybridized carbons (Fsp3) is 0.364. The van der Waals surface area contributed by atoms with E-state index >= 15 is 0 Å². The van der Waals surface area contributed by atoms with Gasteiger partial charge in [-0.05, 0) is 40.5 Å². The Labute approximate surface area is 120 Å². The van der Waals surface area contributed by atoms with Gasteiger partial charge in [-0.2, -0.15) is 0 Å². The zero-order chi connectivity index (χ0) is 12.1. The van der Waals surface area contributed by atoms with Crippen molar-refractivity contribution in [3.05, 3.63) is 33.3 Å². The van der Waals surface area contributed by atoms with E-state index in [1.165, 1.54) is 0 Å². The van der Waals surface area contributed by atoms with Crippen LogP contribution in [0.15, 0.2) is 22.7 Å². The van der Waals surface area contributed by atoms with Gasteiger partial charge in [-0.1, -0.05) is 17.7 Å². The van der Waals surface area contributed by atoms with Crippen LogP contribution in [0.5, 0.6) is 0 Å². The Hall–Kier alpha value is -0.290. The molecule has 3 nitrogen and oxygen atoms in total. The predicted octanol–water partition coefficient (Wildman–Crippen LogP) is 3.48. The van der Waals surface area contributed by atoms with Crippen molar-refractivity contribution in [1.29, 1.82) is 0 Å². The van der Waals surface area contributed by atoms with Crippen LogP contribution >= 0.6 is 39.9 Å². The van der Waals surface area contributed by atoms with Gasteiger partial charge in [-0.15, -0.1) is 12.4 Å². The van der Waals surface area contributed by atoms with E-state index in [2.05, 4.69) is 15.9 Å². The van der Waals surface area contributed by atoms with E-state index in [1.807, 2.05) is 6.07 Å². The molecule has 0 aliphatic heterocycles. The van der Waals surface area contributed by atoms with Gasteiger partial charge in [-0.25, -0.2) is 0 Å². The van der Waals surface area contributed by atoms with Crippen molar-refractivity contribution < 1.29 is 9.53 Å². The number of hydrogen-bond donors (Lipinski definition) is 1. The second-order valence-corrected chi connectivity index (χ2v) is 4.55. The number of hydrogen-bond acceptors (Lipinski definition) is 3. The van der Waals surface area contributed by atoms with Crippen LogP contribution in [0.4, 0.5) is 0 Å². The molecule has 0 unspecified atom stereocenters. The average Bonchev–Trinajstić information content (AvgIpc) is 2.22. The Bertz CT molecular complexity index is 388.